The van der Waals surface area contributed by atoms with E-state index in [0.29, 0.717) is 17.1 Å². The molecule has 2 aromatic carbocycles. The lowest BCUT2D eigenvalue weighted by molar-refractivity contribution is 0.1000. The third kappa shape index (κ3) is 4.56. The molecule has 0 bridgehead atoms. The summed E-state index contributed by atoms with van der Waals surface area (Å²) in [6, 6.07) is 16.1. The summed E-state index contributed by atoms with van der Waals surface area (Å²) in [4.78, 5) is 12.5. The van der Waals surface area contributed by atoms with E-state index in [1.165, 1.54) is 5.69 Å². The average Bonchev–Trinajstić information content (AvgIpc) is 2.94. The van der Waals surface area contributed by atoms with E-state index < -0.39 is 0 Å². The van der Waals surface area contributed by atoms with Crippen LogP contribution in [0.2, 0.25) is 5.02 Å². The number of carbonyl (C=O) groups is 1. The van der Waals surface area contributed by atoms with E-state index in [1.807, 2.05) is 37.3 Å². The second-order valence-electron chi connectivity index (χ2n) is 7.63. The van der Waals surface area contributed by atoms with Crippen molar-refractivity contribution < 1.29 is 4.79 Å². The molecule has 4 heteroatoms. The molecule has 3 aromatic rings. The van der Waals surface area contributed by atoms with Crippen LogP contribution in [0.15, 0.2) is 48.5 Å². The first-order valence-electron chi connectivity index (χ1n) is 10.3. The monoisotopic (exact) mass is 408 g/mol. The predicted molar refractivity (Wildman–Crippen MR) is 122 cm³/mol. The number of carbonyl (C=O) groups excluding carboxylic acids is 1. The molecule has 0 atom stereocenters. The van der Waals surface area contributed by atoms with Gasteiger partial charge in [0.05, 0.1) is 5.56 Å². The van der Waals surface area contributed by atoms with Crippen molar-refractivity contribution in [3.8, 4) is 11.1 Å². The number of unbranched alkanes of at least 4 members (excludes halogenated alkanes) is 2. The Balaban J connectivity index is 2.22. The van der Waals surface area contributed by atoms with E-state index in [0.717, 1.165) is 53.6 Å². The summed E-state index contributed by atoms with van der Waals surface area (Å²) in [5.74, 6) is -0.373. The molecule has 3 rings (SSSR count). The lowest BCUT2D eigenvalue weighted by Gasteiger charge is -2.15. The molecule has 1 aromatic heterocycles. The summed E-state index contributed by atoms with van der Waals surface area (Å²) in [6.45, 7) is 6.95. The Morgan fingerprint density at radius 3 is 2.48 bits per heavy atom. The lowest BCUT2D eigenvalue weighted by atomic mass is 9.94. The molecule has 0 aliphatic rings. The van der Waals surface area contributed by atoms with Crippen molar-refractivity contribution in [1.29, 1.82) is 0 Å². The fraction of sp³-hybridized carbons (Fsp3) is 0.320. The van der Waals surface area contributed by atoms with E-state index in [-0.39, 0.29) is 5.91 Å². The predicted octanol–water partition coefficient (Wildman–Crippen LogP) is 6.31. The van der Waals surface area contributed by atoms with Gasteiger partial charge in [-0.1, -0.05) is 67.8 Å². The van der Waals surface area contributed by atoms with Gasteiger partial charge in [-0.05, 0) is 55.5 Å². The molecule has 0 aliphatic heterocycles. The second kappa shape index (κ2) is 9.32. The number of nitrogens with two attached hydrogens (primary N) is 1. The van der Waals surface area contributed by atoms with Crippen LogP contribution in [0.1, 0.15) is 59.1 Å². The van der Waals surface area contributed by atoms with Gasteiger partial charge in [-0.3, -0.25) is 4.79 Å². The first kappa shape index (κ1) is 21.2. The zero-order chi connectivity index (χ0) is 21.0. The minimum atomic E-state index is -0.373. The Morgan fingerprint density at radius 1 is 1.07 bits per heavy atom. The first-order valence-corrected chi connectivity index (χ1v) is 10.6. The highest BCUT2D eigenvalue weighted by atomic mass is 35.5. The van der Waals surface area contributed by atoms with Gasteiger partial charge >= 0.3 is 0 Å². The number of rotatable bonds is 8. The molecular weight excluding hydrogens is 380 g/mol. The lowest BCUT2D eigenvalue weighted by Crippen LogP contribution is -2.13. The molecule has 2 N–H and O–H groups in total. The number of hydrogen-bond donors (Lipinski definition) is 1. The van der Waals surface area contributed by atoms with E-state index in [2.05, 4.69) is 36.6 Å². The Bertz CT molecular complexity index is 1020. The SMILES string of the molecule is CCCCCc1c(-c2ccccc2C)c(C(N)=O)c(C)n1Cc1cccc(Cl)c1. The van der Waals surface area contributed by atoms with Gasteiger partial charge in [-0.25, -0.2) is 0 Å². The zero-order valence-electron chi connectivity index (χ0n) is 17.5. The highest BCUT2D eigenvalue weighted by Gasteiger charge is 2.25. The molecule has 0 unspecified atom stereocenters. The Labute approximate surface area is 178 Å². The van der Waals surface area contributed by atoms with Gasteiger partial charge in [0.2, 0.25) is 0 Å². The molecule has 0 radical (unpaired) electrons. The molecule has 0 saturated heterocycles. The van der Waals surface area contributed by atoms with Crippen LogP contribution in [0.5, 0.6) is 0 Å². The van der Waals surface area contributed by atoms with Crippen molar-refractivity contribution in [3.05, 3.63) is 81.6 Å². The quantitative estimate of drug-likeness (QED) is 0.436. The van der Waals surface area contributed by atoms with Crippen molar-refractivity contribution >= 4 is 17.5 Å². The summed E-state index contributed by atoms with van der Waals surface area (Å²) in [7, 11) is 0. The summed E-state index contributed by atoms with van der Waals surface area (Å²) >= 11 is 6.21. The maximum Gasteiger partial charge on any atom is 0.251 e. The standard InChI is InChI=1S/C25H29ClN2O/c1-4-5-6-14-22-24(21-13-8-7-10-17(21)2)23(25(27)29)18(3)28(22)16-19-11-9-12-20(26)15-19/h7-13,15H,4-6,14,16H2,1-3H3,(H2,27,29). The van der Waals surface area contributed by atoms with Crippen LogP contribution in [0.25, 0.3) is 11.1 Å². The largest absolute Gasteiger partial charge is 0.366 e. The molecule has 1 heterocycles. The molecule has 152 valence electrons. The maximum atomic E-state index is 12.5. The van der Waals surface area contributed by atoms with E-state index >= 15 is 0 Å². The molecule has 1 amide bonds. The van der Waals surface area contributed by atoms with Crippen LogP contribution in [-0.4, -0.2) is 10.5 Å². The van der Waals surface area contributed by atoms with Gasteiger partial charge in [-0.15, -0.1) is 0 Å². The van der Waals surface area contributed by atoms with Crippen LogP contribution in [0.3, 0.4) is 0 Å². The zero-order valence-corrected chi connectivity index (χ0v) is 18.2. The number of amides is 1. The van der Waals surface area contributed by atoms with Crippen LogP contribution >= 0.6 is 11.6 Å². The maximum absolute atomic E-state index is 12.5. The summed E-state index contributed by atoms with van der Waals surface area (Å²) < 4.78 is 2.25. The number of primary amides is 1. The molecule has 0 aliphatic carbocycles. The summed E-state index contributed by atoms with van der Waals surface area (Å²) in [5, 5.41) is 0.717. The number of hydrogen-bond acceptors (Lipinski definition) is 1. The number of benzene rings is 2. The van der Waals surface area contributed by atoms with Crippen molar-refractivity contribution in [2.75, 3.05) is 0 Å². The minimum Gasteiger partial charge on any atom is -0.366 e. The Kier molecular flexibility index (Phi) is 6.81. The molecule has 3 nitrogen and oxygen atoms in total. The number of aromatic nitrogens is 1. The fourth-order valence-electron chi connectivity index (χ4n) is 4.08. The van der Waals surface area contributed by atoms with Gasteiger partial charge in [0.25, 0.3) is 5.91 Å². The number of nitrogens with zero attached hydrogens (tertiary/aromatic N) is 1. The topological polar surface area (TPSA) is 48.0 Å². The van der Waals surface area contributed by atoms with Gasteiger partial charge in [0.15, 0.2) is 0 Å². The van der Waals surface area contributed by atoms with Gasteiger partial charge in [0, 0.05) is 28.5 Å². The summed E-state index contributed by atoms with van der Waals surface area (Å²) in [5.41, 5.74) is 12.9. The fourth-order valence-corrected chi connectivity index (χ4v) is 4.29. The normalized spacial score (nSPS) is 11.0. The molecule has 0 fully saturated rings. The van der Waals surface area contributed by atoms with Crippen LogP contribution in [0.4, 0.5) is 0 Å². The average molecular weight is 409 g/mol. The highest BCUT2D eigenvalue weighted by molar-refractivity contribution is 6.30. The third-order valence-corrected chi connectivity index (χ3v) is 5.77. The van der Waals surface area contributed by atoms with Gasteiger partial charge in [-0.2, -0.15) is 0 Å². The van der Waals surface area contributed by atoms with E-state index in [9.17, 15) is 4.79 Å². The Hall–Kier alpha value is -2.52. The van der Waals surface area contributed by atoms with Crippen molar-refractivity contribution in [3.63, 3.8) is 0 Å². The first-order chi connectivity index (χ1) is 13.9. The Morgan fingerprint density at radius 2 is 1.83 bits per heavy atom. The summed E-state index contributed by atoms with van der Waals surface area (Å²) in [6.07, 6.45) is 4.29. The third-order valence-electron chi connectivity index (χ3n) is 5.54. The number of halogens is 1. The van der Waals surface area contributed by atoms with Crippen molar-refractivity contribution in [2.24, 2.45) is 5.73 Å². The van der Waals surface area contributed by atoms with E-state index in [1.54, 1.807) is 0 Å². The molecular formula is C25H29ClN2O. The smallest absolute Gasteiger partial charge is 0.251 e. The highest BCUT2D eigenvalue weighted by Crippen LogP contribution is 2.36. The van der Waals surface area contributed by atoms with Crippen LogP contribution in [-0.2, 0) is 13.0 Å². The van der Waals surface area contributed by atoms with Crippen LogP contribution in [0, 0.1) is 13.8 Å². The molecule has 29 heavy (non-hydrogen) atoms. The van der Waals surface area contributed by atoms with Crippen molar-refractivity contribution in [1.82, 2.24) is 4.57 Å². The van der Waals surface area contributed by atoms with Gasteiger partial charge < -0.3 is 10.3 Å². The molecule has 0 saturated carbocycles. The second-order valence-corrected chi connectivity index (χ2v) is 8.07. The van der Waals surface area contributed by atoms with Gasteiger partial charge in [0.1, 0.15) is 0 Å². The molecule has 0 spiro atoms. The number of aryl methyl sites for hydroxylation is 1. The van der Waals surface area contributed by atoms with Crippen molar-refractivity contribution in [2.45, 2.75) is 53.0 Å². The van der Waals surface area contributed by atoms with E-state index in [4.69, 9.17) is 17.3 Å². The van der Waals surface area contributed by atoms with Crippen LogP contribution < -0.4 is 5.73 Å². The minimum absolute atomic E-state index is 0.373.